The van der Waals surface area contributed by atoms with Crippen molar-refractivity contribution in [2.45, 2.75) is 64.2 Å². The normalized spacial score (nSPS) is 31.4. The van der Waals surface area contributed by atoms with E-state index in [-0.39, 0.29) is 5.82 Å². The van der Waals surface area contributed by atoms with E-state index in [1.807, 2.05) is 0 Å². The van der Waals surface area contributed by atoms with E-state index in [0.717, 1.165) is 23.3 Å². The standard InChI is InChI=1S/C19H27FO.CH2.Cf/c1-13-2-4-14(5-3-13)15-6-8-16(9-7-15)17-10-11-19(21)18(20)12-17;;/h10-16,21H,2-9H2,1H3;1H2;/q;;+1/p-1. The molecule has 0 atom stereocenters. The molecule has 0 N–H and O–H groups in total. The third kappa shape index (κ3) is 3.60. The Kier molecular flexibility index (Phi) is 4.73. The average molecular weight is 554 g/mol. The summed E-state index contributed by atoms with van der Waals surface area (Å²) >= 11 is 0. The van der Waals surface area contributed by atoms with Crippen molar-refractivity contribution in [2.75, 3.05) is 0 Å². The molecule has 1 aromatic rings. The zero-order valence-electron chi connectivity index (χ0n) is 14.0. The Morgan fingerprint density at radius 2 is 1.61 bits per heavy atom. The summed E-state index contributed by atoms with van der Waals surface area (Å²) in [5.41, 5.74) is 1.16. The molecule has 131 valence electrons. The van der Waals surface area contributed by atoms with Crippen molar-refractivity contribution in [1.82, 2.24) is 0 Å². The molecule has 0 aromatic heterocycles. The van der Waals surface area contributed by atoms with E-state index in [9.17, 15) is 4.39 Å². The number of benzene rings is 1. The Hall–Kier alpha value is -2.18. The summed E-state index contributed by atoms with van der Waals surface area (Å²) in [6, 6.07) is 5.57. The Balaban J connectivity index is 1.56. The van der Waals surface area contributed by atoms with Crippen molar-refractivity contribution in [1.29, 1.82) is 0 Å². The van der Waals surface area contributed by atoms with Gasteiger partial charge in [0.15, 0.2) is 0 Å². The molecule has 0 aliphatic heterocycles. The molecule has 0 radical (unpaired) electrons. The zero-order chi connectivity index (χ0) is 16.2. The summed E-state index contributed by atoms with van der Waals surface area (Å²) < 4.78 is 13.1. The molecule has 0 bridgehead atoms. The van der Waals surface area contributed by atoms with E-state index in [2.05, 4.69) is 20.4 Å². The summed E-state index contributed by atoms with van der Waals surface area (Å²) in [5, 5.41) is 5.35. The molecule has 2 aliphatic rings. The van der Waals surface area contributed by atoms with Crippen molar-refractivity contribution in [3.8, 4) is 5.75 Å². The van der Waals surface area contributed by atoms with Crippen molar-refractivity contribution < 1.29 is 9.50 Å². The number of rotatable bonds is 4. The van der Waals surface area contributed by atoms with Crippen LogP contribution in [0.15, 0.2) is 18.2 Å². The molecule has 0 unspecified atom stereocenters. The zero-order valence-corrected chi connectivity index (χ0v) is 16.6. The molecule has 0 saturated heterocycles. The maximum atomic E-state index is 14.1. The van der Waals surface area contributed by atoms with Gasteiger partial charge >= 0.3 is 121 Å². The first-order valence-corrected chi connectivity index (χ1v) is 11.9. The van der Waals surface area contributed by atoms with Gasteiger partial charge in [-0.3, -0.25) is 0 Å². The van der Waals surface area contributed by atoms with Crippen LogP contribution in [0.3, 0.4) is 0 Å². The van der Waals surface area contributed by atoms with Crippen molar-refractivity contribution in [3.63, 3.8) is 0 Å². The van der Waals surface area contributed by atoms with E-state index < -0.39 is 0 Å². The summed E-state index contributed by atoms with van der Waals surface area (Å²) in [6.45, 7) is 2.40. The number of hydrogen-bond donors (Lipinski definition) is 0. The molecule has 2 fully saturated rings. The van der Waals surface area contributed by atoms with Gasteiger partial charge in [-0.1, -0.05) is 6.92 Å². The third-order valence-corrected chi connectivity index (χ3v) is 7.00. The van der Waals surface area contributed by atoms with Crippen molar-refractivity contribution in [2.24, 2.45) is 17.8 Å². The summed E-state index contributed by atoms with van der Waals surface area (Å²) in [4.78, 5) is 0. The van der Waals surface area contributed by atoms with Crippen LogP contribution in [-0.2, 0) is 0 Å². The average Bonchev–Trinajstić information content (AvgIpc) is 2.58. The number of hydrogen-bond acceptors (Lipinski definition) is 1. The van der Waals surface area contributed by atoms with Crippen LogP contribution in [0.25, 0.3) is 0 Å². The molecular weight excluding hydrogens is 526 g/mol. The van der Waals surface area contributed by atoms with Crippen LogP contribution in [0.2, 0.25) is 0 Å². The molecule has 3 heteroatoms. The van der Waals surface area contributed by atoms with E-state index in [1.165, 1.54) is 51.4 Å². The van der Waals surface area contributed by atoms with Gasteiger partial charge in [0.1, 0.15) is 0 Å². The molecule has 23 heavy (non-hydrogen) atoms. The second-order valence-electron chi connectivity index (χ2n) is 7.48. The van der Waals surface area contributed by atoms with E-state index in [1.54, 1.807) is 12.1 Å². The SMILES string of the molecule is [CH2]=[Cf][O]c1ccc(C2CCC(C3CCC(C)CC3)CC2)cc1F. The fourth-order valence-corrected chi connectivity index (χ4v) is 5.40. The predicted molar refractivity (Wildman–Crippen MR) is 90.0 cm³/mol. The summed E-state index contributed by atoms with van der Waals surface area (Å²) in [6.07, 6.45) is 10.8. The van der Waals surface area contributed by atoms with E-state index >= 15 is 0 Å². The van der Waals surface area contributed by atoms with Crippen LogP contribution < -0.4 is 5.11 Å². The minimum atomic E-state index is -0.927. The van der Waals surface area contributed by atoms with Crippen LogP contribution in [0.4, 0.5) is 4.39 Å². The molecule has 2 saturated carbocycles. The summed E-state index contributed by atoms with van der Waals surface area (Å²) in [5.74, 6) is 3.54. The molecule has 2 aliphatic carbocycles. The van der Waals surface area contributed by atoms with E-state index in [0.29, 0.717) is 11.7 Å². The third-order valence-electron chi connectivity index (χ3n) is 6.04. The quantitative estimate of drug-likeness (QED) is 0.462. The maximum absolute atomic E-state index is 14.1. The summed E-state index contributed by atoms with van der Waals surface area (Å²) in [7, 11) is 3.75. The van der Waals surface area contributed by atoms with Gasteiger partial charge in [-0.25, -0.2) is 0 Å². The van der Waals surface area contributed by atoms with E-state index in [4.69, 9.17) is 5.11 Å². The first-order valence-electron chi connectivity index (χ1n) is 8.95. The minimum absolute atomic E-state index is 0.204. The molecule has 3 rings (SSSR count). The molecule has 0 spiro atoms. The van der Waals surface area contributed by atoms with Gasteiger partial charge in [-0.15, -0.1) is 0 Å². The van der Waals surface area contributed by atoms with Gasteiger partial charge in [0.05, 0.1) is 0 Å². The Bertz CT molecular complexity index is 528. The first-order chi connectivity index (χ1) is 11.2. The van der Waals surface area contributed by atoms with Gasteiger partial charge in [-0.2, -0.15) is 0 Å². The van der Waals surface area contributed by atoms with Gasteiger partial charge in [-0.05, 0) is 5.92 Å². The second-order valence-corrected chi connectivity index (χ2v) is 8.78. The van der Waals surface area contributed by atoms with Crippen LogP contribution in [-0.4, -0.2) is 7.43 Å². The van der Waals surface area contributed by atoms with Gasteiger partial charge in [0.2, 0.25) is 0 Å². The molecule has 0 amide bonds. The van der Waals surface area contributed by atoms with Crippen molar-refractivity contribution >= 4 is 7.43 Å². The Morgan fingerprint density at radius 1 is 1.00 bits per heavy atom. The second kappa shape index (κ2) is 6.93. The fourth-order valence-electron chi connectivity index (χ4n) is 4.55. The van der Waals surface area contributed by atoms with Gasteiger partial charge in [0, 0.05) is 0 Å². The fraction of sp³-hybridized carbons (Fsp3) is 0.650. The van der Waals surface area contributed by atoms with Crippen molar-refractivity contribution in [3.05, 3.63) is 29.6 Å². The first kappa shape index (κ1) is 15.7. The van der Waals surface area contributed by atoms with Crippen LogP contribution in [0.5, 0.6) is 5.75 Å². The molecule has 0 heterocycles. The topological polar surface area (TPSA) is 9.23 Å². The predicted octanol–water partition coefficient (Wildman–Crippen LogP) is 5.74. The Morgan fingerprint density at radius 3 is 2.17 bits per heavy atom. The Labute approximate surface area is 134 Å². The van der Waals surface area contributed by atoms with Crippen LogP contribution in [0.1, 0.15) is 69.8 Å². The number of halogens is 1. The van der Waals surface area contributed by atoms with Crippen LogP contribution in [0, 0.1) is 23.6 Å². The molecule has 1 nitrogen and oxygen atoms in total. The monoisotopic (exact) mass is 552 g/mol. The molecular formula is C20H28CfFO. The molecule has 1 aromatic carbocycles. The van der Waals surface area contributed by atoms with Crippen LogP contribution >= 0.6 is 0 Å². The van der Waals surface area contributed by atoms with Gasteiger partial charge in [0.25, 0.3) is 0 Å². The van der Waals surface area contributed by atoms with Gasteiger partial charge < -0.3 is 0 Å².